The molecule has 4 aromatic rings. The molecule has 14 nitrogen and oxygen atoms in total. The summed E-state index contributed by atoms with van der Waals surface area (Å²) in [7, 11) is 0. The maximum absolute atomic E-state index is 13.3. The zero-order valence-electron chi connectivity index (χ0n) is 30.3. The van der Waals surface area contributed by atoms with Crippen LogP contribution >= 0.6 is 0 Å². The molecule has 5 N–H and O–H groups in total. The molecule has 0 aliphatic carbocycles. The number of unbranched alkanes of at least 4 members (excludes halogenated alkanes) is 2. The van der Waals surface area contributed by atoms with Crippen molar-refractivity contribution in [1.29, 1.82) is 0 Å². The lowest BCUT2D eigenvalue weighted by atomic mass is 9.95. The van der Waals surface area contributed by atoms with Crippen LogP contribution in [0.4, 0.5) is 24.5 Å². The van der Waals surface area contributed by atoms with Crippen LogP contribution in [-0.4, -0.2) is 80.0 Å². The quantitative estimate of drug-likeness (QED) is 0.0847. The van der Waals surface area contributed by atoms with Gasteiger partial charge >= 0.3 is 6.18 Å². The molecule has 5 amide bonds. The van der Waals surface area contributed by atoms with Gasteiger partial charge in [0.25, 0.3) is 17.7 Å². The van der Waals surface area contributed by atoms with Crippen LogP contribution in [0.2, 0.25) is 0 Å². The first-order chi connectivity index (χ1) is 26.1. The molecule has 1 fully saturated rings. The summed E-state index contributed by atoms with van der Waals surface area (Å²) in [6, 6.07) is 10.3. The number of amides is 5. The largest absolute Gasteiger partial charge is 0.433 e. The van der Waals surface area contributed by atoms with Crippen molar-refractivity contribution in [2.45, 2.75) is 76.7 Å². The number of hydrogen-bond acceptors (Lipinski definition) is 10. The van der Waals surface area contributed by atoms with Crippen LogP contribution in [0.3, 0.4) is 0 Å². The number of halogens is 3. The lowest BCUT2D eigenvalue weighted by Gasteiger charge is -2.27. The van der Waals surface area contributed by atoms with Crippen LogP contribution in [0.15, 0.2) is 54.7 Å². The van der Waals surface area contributed by atoms with Crippen molar-refractivity contribution in [1.82, 2.24) is 30.3 Å². The maximum Gasteiger partial charge on any atom is 0.433 e. The van der Waals surface area contributed by atoms with Gasteiger partial charge in [-0.15, -0.1) is 0 Å². The summed E-state index contributed by atoms with van der Waals surface area (Å²) in [6.07, 6.45) is 0.661. The number of aliphatic hydroxyl groups is 1. The topological polar surface area (TPSA) is 188 Å². The molecular formula is C38H41F3N8O6. The molecule has 0 bridgehead atoms. The Bertz CT molecular complexity index is 2140. The predicted octanol–water partition coefficient (Wildman–Crippen LogP) is 4.59. The molecule has 2 aliphatic heterocycles. The second kappa shape index (κ2) is 16.0. The zero-order valence-corrected chi connectivity index (χ0v) is 30.3. The second-order valence-electron chi connectivity index (χ2n) is 14.0. The summed E-state index contributed by atoms with van der Waals surface area (Å²) >= 11 is 0. The van der Waals surface area contributed by atoms with Crippen molar-refractivity contribution >= 4 is 51.8 Å². The van der Waals surface area contributed by atoms with Gasteiger partial charge in [0, 0.05) is 48.0 Å². The molecule has 4 heterocycles. The number of carbonyl (C=O) groups is 5. The van der Waals surface area contributed by atoms with Crippen LogP contribution in [0.5, 0.6) is 0 Å². The maximum atomic E-state index is 13.3. The highest BCUT2D eigenvalue weighted by atomic mass is 19.4. The first-order valence-electron chi connectivity index (χ1n) is 18.0. The minimum atomic E-state index is -4.70. The third-order valence-corrected chi connectivity index (χ3v) is 9.43. The highest BCUT2D eigenvalue weighted by Crippen LogP contribution is 2.34. The molecule has 17 heteroatoms. The molecule has 0 radical (unpaired) electrons. The van der Waals surface area contributed by atoms with Gasteiger partial charge in [-0.2, -0.15) is 18.3 Å². The van der Waals surface area contributed by atoms with Crippen molar-refractivity contribution in [3.05, 3.63) is 82.8 Å². The van der Waals surface area contributed by atoms with E-state index >= 15 is 0 Å². The lowest BCUT2D eigenvalue weighted by Crippen LogP contribution is -2.54. The van der Waals surface area contributed by atoms with E-state index in [1.807, 2.05) is 6.20 Å². The van der Waals surface area contributed by atoms with Gasteiger partial charge < -0.3 is 21.1 Å². The summed E-state index contributed by atoms with van der Waals surface area (Å²) in [6.45, 7) is 5.74. The van der Waals surface area contributed by atoms with Crippen molar-refractivity contribution in [3.63, 3.8) is 0 Å². The second-order valence-corrected chi connectivity index (χ2v) is 14.0. The van der Waals surface area contributed by atoms with Crippen molar-refractivity contribution in [2.24, 2.45) is 0 Å². The number of aryl methyl sites for hydroxylation is 1. The number of piperidine rings is 1. The Morgan fingerprint density at radius 3 is 2.45 bits per heavy atom. The van der Waals surface area contributed by atoms with Gasteiger partial charge in [-0.05, 0) is 89.0 Å². The number of benzene rings is 2. The Balaban J connectivity index is 0.940. The smallest absolute Gasteiger partial charge is 0.386 e. The number of nitrogens with zero attached hydrogens (tertiary/aromatic N) is 4. The van der Waals surface area contributed by atoms with E-state index in [4.69, 9.17) is 0 Å². The van der Waals surface area contributed by atoms with E-state index < -0.39 is 58.7 Å². The number of imide groups is 2. The van der Waals surface area contributed by atoms with Crippen LogP contribution in [0.25, 0.3) is 10.9 Å². The van der Waals surface area contributed by atoms with E-state index in [0.29, 0.717) is 41.8 Å². The average molecular weight is 763 g/mol. The molecule has 1 saturated heterocycles. The van der Waals surface area contributed by atoms with Crippen molar-refractivity contribution in [3.8, 4) is 0 Å². The van der Waals surface area contributed by atoms with Gasteiger partial charge in [0.05, 0.1) is 22.2 Å². The SMILES string of the molecule is CC(C)(O)c1cc2nn(CCCCCNCCCNc3cccc4c3C(=O)N(C3CCC(=O)NC3=O)C4=O)cc2cc1NC(=O)c1cccc(C(F)(F)F)n1. The van der Waals surface area contributed by atoms with Gasteiger partial charge in [0.1, 0.15) is 17.4 Å². The molecule has 2 aromatic carbocycles. The molecule has 0 saturated carbocycles. The molecule has 1 unspecified atom stereocenters. The number of fused-ring (bicyclic) bond motifs is 2. The summed E-state index contributed by atoms with van der Waals surface area (Å²) in [5, 5.41) is 27.6. The van der Waals surface area contributed by atoms with Gasteiger partial charge in [0.2, 0.25) is 11.8 Å². The minimum Gasteiger partial charge on any atom is -0.386 e. The normalized spacial score (nSPS) is 16.1. The standard InChI is InChI=1S/C38H41F3N8O6/c1-37(2,55)24-20-27-22(19-28(24)45-33(51)26-11-7-12-30(44-26)38(39,40)41)21-48(47-27)18-5-3-4-15-42-16-8-17-43-25-10-6-9-23-32(25)36(54)49(35(23)53)29-13-14-31(50)46-34(29)52/h6-7,9-12,19-21,29,42-43,55H,3-5,8,13-18H2,1-2H3,(H,45,51)(H,46,50,52). The van der Waals surface area contributed by atoms with Crippen LogP contribution in [-0.2, 0) is 27.9 Å². The number of hydrogen-bond donors (Lipinski definition) is 5. The third-order valence-electron chi connectivity index (χ3n) is 9.43. The first-order valence-corrected chi connectivity index (χ1v) is 18.0. The molecular weight excluding hydrogens is 721 g/mol. The zero-order chi connectivity index (χ0) is 39.5. The number of carbonyl (C=O) groups excluding carboxylic acids is 5. The van der Waals surface area contributed by atoms with Gasteiger partial charge in [-0.25, -0.2) is 4.98 Å². The Hall–Kier alpha value is -5.68. The summed E-state index contributed by atoms with van der Waals surface area (Å²) in [4.78, 5) is 67.5. The van der Waals surface area contributed by atoms with Crippen molar-refractivity contribution < 1.29 is 42.3 Å². The molecule has 290 valence electrons. The molecule has 0 spiro atoms. The minimum absolute atomic E-state index is 0.0544. The number of nitrogens with one attached hydrogen (secondary N) is 4. The molecule has 2 aliphatic rings. The molecule has 55 heavy (non-hydrogen) atoms. The van der Waals surface area contributed by atoms with Crippen LogP contribution in [0, 0.1) is 0 Å². The van der Waals surface area contributed by atoms with E-state index in [1.165, 1.54) is 19.9 Å². The van der Waals surface area contributed by atoms with E-state index in [-0.39, 0.29) is 29.7 Å². The number of rotatable bonds is 15. The predicted molar refractivity (Wildman–Crippen MR) is 195 cm³/mol. The Morgan fingerprint density at radius 2 is 1.71 bits per heavy atom. The monoisotopic (exact) mass is 762 g/mol. The first kappa shape index (κ1) is 39.0. The highest BCUT2D eigenvalue weighted by Gasteiger charge is 2.45. The number of anilines is 2. The Labute approximate surface area is 313 Å². The number of pyridine rings is 1. The Kier molecular flexibility index (Phi) is 11.3. The van der Waals surface area contributed by atoms with Gasteiger partial charge in [-0.1, -0.05) is 18.6 Å². The van der Waals surface area contributed by atoms with E-state index in [1.54, 1.807) is 35.0 Å². The molecule has 2 aromatic heterocycles. The fourth-order valence-corrected chi connectivity index (χ4v) is 6.68. The number of aromatic nitrogens is 3. The van der Waals surface area contributed by atoms with E-state index in [2.05, 4.69) is 31.3 Å². The fraction of sp³-hybridized carbons (Fsp3) is 0.395. The van der Waals surface area contributed by atoms with Crippen LogP contribution in [0.1, 0.15) is 94.8 Å². The highest BCUT2D eigenvalue weighted by molar-refractivity contribution is 6.25. The summed E-state index contributed by atoms with van der Waals surface area (Å²) in [5.74, 6) is -3.02. The summed E-state index contributed by atoms with van der Waals surface area (Å²) in [5.41, 5.74) is -0.850. The molecule has 6 rings (SSSR count). The van der Waals surface area contributed by atoms with E-state index in [0.717, 1.165) is 49.3 Å². The van der Waals surface area contributed by atoms with Crippen molar-refractivity contribution in [2.75, 3.05) is 30.3 Å². The fourth-order valence-electron chi connectivity index (χ4n) is 6.68. The van der Waals surface area contributed by atoms with Gasteiger partial charge in [-0.3, -0.25) is 38.9 Å². The van der Waals surface area contributed by atoms with Gasteiger partial charge in [0.15, 0.2) is 0 Å². The average Bonchev–Trinajstić information content (AvgIpc) is 3.64. The number of alkyl halides is 3. The lowest BCUT2D eigenvalue weighted by molar-refractivity contribution is -0.141. The van der Waals surface area contributed by atoms with Crippen LogP contribution < -0.4 is 21.3 Å². The van der Waals surface area contributed by atoms with E-state index in [9.17, 15) is 42.3 Å². The third kappa shape index (κ3) is 8.84. The summed E-state index contributed by atoms with van der Waals surface area (Å²) < 4.78 is 41.2. The Morgan fingerprint density at radius 1 is 0.945 bits per heavy atom. The molecule has 1 atom stereocenters.